The lowest BCUT2D eigenvalue weighted by molar-refractivity contribution is 0.468. The second-order valence-electron chi connectivity index (χ2n) is 3.94. The molecular formula is C13H11N3OS. The van der Waals surface area contributed by atoms with Crippen molar-refractivity contribution in [3.63, 3.8) is 0 Å². The minimum Gasteiger partial charge on any atom is -0.438 e. The smallest absolute Gasteiger partial charge is 0.231 e. The highest BCUT2D eigenvalue weighted by Gasteiger charge is 2.07. The van der Waals surface area contributed by atoms with Gasteiger partial charge in [0.2, 0.25) is 5.88 Å². The molecule has 4 nitrogen and oxygen atoms in total. The van der Waals surface area contributed by atoms with Crippen molar-refractivity contribution in [1.29, 1.82) is 0 Å². The fraction of sp³-hybridized carbons (Fsp3) is 0.0769. The van der Waals surface area contributed by atoms with Crippen LogP contribution in [0.3, 0.4) is 0 Å². The van der Waals surface area contributed by atoms with E-state index in [-0.39, 0.29) is 0 Å². The second kappa shape index (κ2) is 4.27. The number of anilines is 1. The SMILES string of the molecule is Cc1ccc(Oc2ncnc3sccc23)cc1N. The number of nitrogens with two attached hydrogens (primary N) is 1. The molecule has 0 fully saturated rings. The van der Waals surface area contributed by atoms with Gasteiger partial charge < -0.3 is 10.5 Å². The Morgan fingerprint density at radius 3 is 2.94 bits per heavy atom. The first-order chi connectivity index (χ1) is 8.74. The van der Waals surface area contributed by atoms with E-state index in [2.05, 4.69) is 9.97 Å². The summed E-state index contributed by atoms with van der Waals surface area (Å²) in [5.74, 6) is 1.24. The molecule has 0 atom stereocenters. The Kier molecular flexibility index (Phi) is 2.60. The summed E-state index contributed by atoms with van der Waals surface area (Å²) in [6, 6.07) is 7.56. The Balaban J connectivity index is 2.01. The number of ether oxygens (including phenoxy) is 1. The van der Waals surface area contributed by atoms with Gasteiger partial charge in [0.15, 0.2) is 0 Å². The van der Waals surface area contributed by atoms with Crippen LogP contribution >= 0.6 is 11.3 Å². The van der Waals surface area contributed by atoms with Crippen LogP contribution in [-0.2, 0) is 0 Å². The van der Waals surface area contributed by atoms with E-state index < -0.39 is 0 Å². The van der Waals surface area contributed by atoms with Crippen molar-refractivity contribution in [3.05, 3.63) is 41.5 Å². The Hall–Kier alpha value is -2.14. The van der Waals surface area contributed by atoms with Gasteiger partial charge in [-0.3, -0.25) is 0 Å². The molecule has 0 amide bonds. The molecule has 3 rings (SSSR count). The topological polar surface area (TPSA) is 61.0 Å². The molecule has 0 radical (unpaired) electrons. The number of rotatable bonds is 2. The second-order valence-corrected chi connectivity index (χ2v) is 4.83. The maximum atomic E-state index is 5.86. The number of nitrogen functional groups attached to an aromatic ring is 1. The molecule has 2 aromatic heterocycles. The summed E-state index contributed by atoms with van der Waals surface area (Å²) >= 11 is 1.56. The summed E-state index contributed by atoms with van der Waals surface area (Å²) in [5, 5.41) is 2.89. The molecule has 0 aliphatic heterocycles. The Morgan fingerprint density at radius 1 is 1.22 bits per heavy atom. The van der Waals surface area contributed by atoms with Crippen molar-refractivity contribution in [2.45, 2.75) is 6.92 Å². The maximum Gasteiger partial charge on any atom is 0.231 e. The first-order valence-corrected chi connectivity index (χ1v) is 6.34. The zero-order chi connectivity index (χ0) is 12.5. The van der Waals surface area contributed by atoms with Gasteiger partial charge in [-0.1, -0.05) is 6.07 Å². The van der Waals surface area contributed by atoms with Gasteiger partial charge >= 0.3 is 0 Å². The number of hydrogen-bond acceptors (Lipinski definition) is 5. The number of aryl methyl sites for hydroxylation is 1. The molecule has 1 aromatic carbocycles. The summed E-state index contributed by atoms with van der Waals surface area (Å²) in [7, 11) is 0. The van der Waals surface area contributed by atoms with Gasteiger partial charge in [-0.05, 0) is 30.0 Å². The minimum absolute atomic E-state index is 0.560. The lowest BCUT2D eigenvalue weighted by Crippen LogP contribution is -1.93. The van der Waals surface area contributed by atoms with E-state index in [0.717, 1.165) is 15.8 Å². The largest absolute Gasteiger partial charge is 0.438 e. The fourth-order valence-electron chi connectivity index (χ4n) is 1.64. The van der Waals surface area contributed by atoms with Crippen molar-refractivity contribution in [3.8, 4) is 11.6 Å². The molecule has 0 bridgehead atoms. The van der Waals surface area contributed by atoms with E-state index in [1.165, 1.54) is 6.33 Å². The van der Waals surface area contributed by atoms with Crippen LogP contribution in [0.1, 0.15) is 5.56 Å². The summed E-state index contributed by atoms with van der Waals surface area (Å²) in [4.78, 5) is 9.25. The Labute approximate surface area is 108 Å². The molecule has 2 heterocycles. The van der Waals surface area contributed by atoms with Crippen molar-refractivity contribution >= 4 is 27.2 Å². The normalized spacial score (nSPS) is 10.7. The maximum absolute atomic E-state index is 5.86. The molecule has 0 spiro atoms. The molecule has 90 valence electrons. The molecule has 3 aromatic rings. The molecule has 0 aliphatic carbocycles. The zero-order valence-electron chi connectivity index (χ0n) is 9.75. The van der Waals surface area contributed by atoms with E-state index in [1.807, 2.05) is 30.5 Å². The quantitative estimate of drug-likeness (QED) is 0.715. The first-order valence-electron chi connectivity index (χ1n) is 5.46. The van der Waals surface area contributed by atoms with E-state index in [9.17, 15) is 0 Å². The van der Waals surface area contributed by atoms with Gasteiger partial charge in [0.05, 0.1) is 5.39 Å². The van der Waals surface area contributed by atoms with Gasteiger partial charge in [0, 0.05) is 11.8 Å². The first kappa shape index (κ1) is 11.0. The molecule has 0 saturated heterocycles. The van der Waals surface area contributed by atoms with E-state index in [0.29, 0.717) is 17.3 Å². The Bertz CT molecular complexity index is 708. The van der Waals surface area contributed by atoms with E-state index >= 15 is 0 Å². The van der Waals surface area contributed by atoms with Crippen LogP contribution in [0, 0.1) is 6.92 Å². The third-order valence-corrected chi connectivity index (χ3v) is 3.51. The highest BCUT2D eigenvalue weighted by molar-refractivity contribution is 7.16. The van der Waals surface area contributed by atoms with Crippen LogP contribution in [-0.4, -0.2) is 9.97 Å². The zero-order valence-corrected chi connectivity index (χ0v) is 10.6. The summed E-state index contributed by atoms with van der Waals surface area (Å²) in [5.41, 5.74) is 7.60. The average molecular weight is 257 g/mol. The van der Waals surface area contributed by atoms with Crippen LogP contribution in [0.4, 0.5) is 5.69 Å². The number of benzene rings is 1. The van der Waals surface area contributed by atoms with Crippen molar-refractivity contribution in [2.24, 2.45) is 0 Å². The lowest BCUT2D eigenvalue weighted by atomic mass is 10.2. The molecule has 0 unspecified atom stereocenters. The van der Waals surface area contributed by atoms with Crippen LogP contribution < -0.4 is 10.5 Å². The van der Waals surface area contributed by atoms with Crippen molar-refractivity contribution < 1.29 is 4.74 Å². The van der Waals surface area contributed by atoms with Gasteiger partial charge in [0.1, 0.15) is 16.9 Å². The summed E-state index contributed by atoms with van der Waals surface area (Å²) in [6.07, 6.45) is 1.51. The van der Waals surface area contributed by atoms with Crippen LogP contribution in [0.2, 0.25) is 0 Å². The molecule has 0 saturated carbocycles. The number of hydrogen-bond donors (Lipinski definition) is 1. The number of nitrogens with zero attached hydrogens (tertiary/aromatic N) is 2. The molecule has 18 heavy (non-hydrogen) atoms. The minimum atomic E-state index is 0.560. The predicted molar refractivity (Wildman–Crippen MR) is 73.1 cm³/mol. The predicted octanol–water partition coefficient (Wildman–Crippen LogP) is 3.37. The van der Waals surface area contributed by atoms with Crippen LogP contribution in [0.25, 0.3) is 10.2 Å². The fourth-order valence-corrected chi connectivity index (χ4v) is 2.37. The van der Waals surface area contributed by atoms with E-state index in [1.54, 1.807) is 17.4 Å². The van der Waals surface area contributed by atoms with Crippen molar-refractivity contribution in [2.75, 3.05) is 5.73 Å². The molecule has 5 heteroatoms. The highest BCUT2D eigenvalue weighted by Crippen LogP contribution is 2.30. The monoisotopic (exact) mass is 257 g/mol. The summed E-state index contributed by atoms with van der Waals surface area (Å²) < 4.78 is 5.76. The number of aromatic nitrogens is 2. The Morgan fingerprint density at radius 2 is 2.11 bits per heavy atom. The van der Waals surface area contributed by atoms with Gasteiger partial charge in [0.25, 0.3) is 0 Å². The third-order valence-electron chi connectivity index (χ3n) is 2.69. The number of fused-ring (bicyclic) bond motifs is 1. The summed E-state index contributed by atoms with van der Waals surface area (Å²) in [6.45, 7) is 1.96. The number of thiophene rings is 1. The lowest BCUT2D eigenvalue weighted by Gasteiger charge is -2.07. The molecule has 2 N–H and O–H groups in total. The highest BCUT2D eigenvalue weighted by atomic mass is 32.1. The van der Waals surface area contributed by atoms with Crippen LogP contribution in [0.5, 0.6) is 11.6 Å². The third kappa shape index (κ3) is 1.89. The average Bonchev–Trinajstić information content (AvgIpc) is 2.83. The van der Waals surface area contributed by atoms with Gasteiger partial charge in [-0.2, -0.15) is 0 Å². The van der Waals surface area contributed by atoms with Gasteiger partial charge in [-0.25, -0.2) is 9.97 Å². The molecule has 0 aliphatic rings. The molecular weight excluding hydrogens is 246 g/mol. The van der Waals surface area contributed by atoms with Gasteiger partial charge in [-0.15, -0.1) is 11.3 Å². The van der Waals surface area contributed by atoms with E-state index in [4.69, 9.17) is 10.5 Å². The standard InChI is InChI=1S/C13H11N3OS/c1-8-2-3-9(6-11(8)14)17-12-10-4-5-18-13(10)16-7-15-12/h2-7H,14H2,1H3. The van der Waals surface area contributed by atoms with Crippen LogP contribution in [0.15, 0.2) is 36.0 Å². The van der Waals surface area contributed by atoms with Crippen molar-refractivity contribution in [1.82, 2.24) is 9.97 Å².